The molecule has 0 saturated carbocycles. The Morgan fingerprint density at radius 1 is 1.53 bits per heavy atom. The third-order valence-corrected chi connectivity index (χ3v) is 2.74. The Morgan fingerprint density at radius 3 is 2.60 bits per heavy atom. The van der Waals surface area contributed by atoms with Crippen LogP contribution in [0, 0.1) is 6.92 Å². The van der Waals surface area contributed by atoms with Gasteiger partial charge in [0.05, 0.1) is 5.56 Å². The average Bonchev–Trinajstić information content (AvgIpc) is 2.09. The Labute approximate surface area is 92.8 Å². The van der Waals surface area contributed by atoms with E-state index in [4.69, 9.17) is 5.11 Å². The van der Waals surface area contributed by atoms with Gasteiger partial charge in [0.2, 0.25) is 0 Å². The van der Waals surface area contributed by atoms with Crippen LogP contribution in [0.25, 0.3) is 0 Å². The molecule has 0 amide bonds. The van der Waals surface area contributed by atoms with Crippen LogP contribution in [-0.4, -0.2) is 17.7 Å². The van der Waals surface area contributed by atoms with E-state index < -0.39 is 12.6 Å². The molecule has 0 aliphatic heterocycles. The minimum absolute atomic E-state index is 0.106. The van der Waals surface area contributed by atoms with Crippen molar-refractivity contribution < 1.29 is 23.4 Å². The van der Waals surface area contributed by atoms with Gasteiger partial charge in [-0.2, -0.15) is 8.78 Å². The maximum Gasteiger partial charge on any atom is 0.387 e. The number of carbonyl (C=O) groups is 1. The normalized spacial score (nSPS) is 10.5. The van der Waals surface area contributed by atoms with Gasteiger partial charge < -0.3 is 9.84 Å². The van der Waals surface area contributed by atoms with E-state index in [1.807, 2.05) is 0 Å². The number of alkyl halides is 2. The van der Waals surface area contributed by atoms with Crippen LogP contribution >= 0.6 is 15.9 Å². The molecule has 0 atom stereocenters. The molecule has 0 aliphatic rings. The number of halogens is 3. The monoisotopic (exact) mass is 280 g/mol. The molecular weight excluding hydrogens is 274 g/mol. The van der Waals surface area contributed by atoms with Crippen LogP contribution in [0.4, 0.5) is 8.78 Å². The number of aromatic carboxylic acids is 1. The second-order valence-corrected chi connectivity index (χ2v) is 3.58. The van der Waals surface area contributed by atoms with Gasteiger partial charge in [-0.05, 0) is 40.5 Å². The van der Waals surface area contributed by atoms with Crippen LogP contribution in [-0.2, 0) is 0 Å². The molecule has 1 aromatic rings. The summed E-state index contributed by atoms with van der Waals surface area (Å²) in [5.41, 5.74) is 0.413. The highest BCUT2D eigenvalue weighted by Crippen LogP contribution is 2.27. The maximum absolute atomic E-state index is 11.9. The molecular formula is C9H7BrF2O3. The molecule has 0 bridgehead atoms. The Bertz CT molecular complexity index is 393. The van der Waals surface area contributed by atoms with Crippen LogP contribution in [0.2, 0.25) is 0 Å². The van der Waals surface area contributed by atoms with Crippen LogP contribution < -0.4 is 4.74 Å². The van der Waals surface area contributed by atoms with E-state index in [1.54, 1.807) is 6.92 Å². The topological polar surface area (TPSA) is 46.5 Å². The lowest BCUT2D eigenvalue weighted by Gasteiger charge is -2.08. The molecule has 0 fully saturated rings. The molecule has 6 heteroatoms. The molecule has 82 valence electrons. The Balaban J connectivity index is 3.17. The zero-order valence-electron chi connectivity index (χ0n) is 7.63. The van der Waals surface area contributed by atoms with Gasteiger partial charge in [-0.25, -0.2) is 4.79 Å². The standard InChI is InChI=1S/C9H7BrF2O3/c1-4-2-5(15-9(11)12)3-6(7(4)10)8(13)14/h2-3,9H,1H3,(H,13,14). The predicted octanol–water partition coefficient (Wildman–Crippen LogP) is 3.06. The first kappa shape index (κ1) is 11.9. The van der Waals surface area contributed by atoms with E-state index in [1.165, 1.54) is 6.07 Å². The van der Waals surface area contributed by atoms with Crippen molar-refractivity contribution >= 4 is 21.9 Å². The fourth-order valence-corrected chi connectivity index (χ4v) is 1.46. The van der Waals surface area contributed by atoms with E-state index >= 15 is 0 Å². The fourth-order valence-electron chi connectivity index (χ4n) is 1.06. The Hall–Kier alpha value is -1.17. The summed E-state index contributed by atoms with van der Waals surface area (Å²) in [7, 11) is 0. The van der Waals surface area contributed by atoms with Crippen molar-refractivity contribution in [2.24, 2.45) is 0 Å². The summed E-state index contributed by atoms with van der Waals surface area (Å²) in [6.45, 7) is -1.37. The lowest BCUT2D eigenvalue weighted by atomic mass is 10.1. The molecule has 1 N–H and O–H groups in total. The van der Waals surface area contributed by atoms with Gasteiger partial charge in [-0.15, -0.1) is 0 Å². The largest absolute Gasteiger partial charge is 0.478 e. The minimum atomic E-state index is -2.97. The van der Waals surface area contributed by atoms with Crippen molar-refractivity contribution in [1.29, 1.82) is 0 Å². The first-order chi connectivity index (χ1) is 6.91. The summed E-state index contributed by atoms with van der Waals surface area (Å²) in [4.78, 5) is 10.7. The average molecular weight is 281 g/mol. The number of hydrogen-bond donors (Lipinski definition) is 1. The number of rotatable bonds is 3. The second-order valence-electron chi connectivity index (χ2n) is 2.79. The summed E-state index contributed by atoms with van der Waals surface area (Å²) in [5.74, 6) is -1.37. The summed E-state index contributed by atoms with van der Waals surface area (Å²) in [6, 6.07) is 2.38. The molecule has 0 aromatic heterocycles. The van der Waals surface area contributed by atoms with E-state index in [0.717, 1.165) is 6.07 Å². The minimum Gasteiger partial charge on any atom is -0.478 e. The molecule has 0 spiro atoms. The van der Waals surface area contributed by atoms with Gasteiger partial charge in [-0.1, -0.05) is 0 Å². The summed E-state index contributed by atoms with van der Waals surface area (Å²) < 4.78 is 28.3. The highest BCUT2D eigenvalue weighted by atomic mass is 79.9. The maximum atomic E-state index is 11.9. The summed E-state index contributed by atoms with van der Waals surface area (Å²) >= 11 is 3.06. The molecule has 1 rings (SSSR count). The lowest BCUT2D eigenvalue weighted by molar-refractivity contribution is -0.0499. The van der Waals surface area contributed by atoms with E-state index in [-0.39, 0.29) is 11.3 Å². The molecule has 0 aliphatic carbocycles. The van der Waals surface area contributed by atoms with Crippen LogP contribution in [0.15, 0.2) is 16.6 Å². The quantitative estimate of drug-likeness (QED) is 0.926. The van der Waals surface area contributed by atoms with Crippen LogP contribution in [0.1, 0.15) is 15.9 Å². The van der Waals surface area contributed by atoms with Crippen molar-refractivity contribution in [3.05, 3.63) is 27.7 Å². The summed E-state index contributed by atoms with van der Waals surface area (Å²) in [6.07, 6.45) is 0. The molecule has 0 saturated heterocycles. The Kier molecular flexibility index (Phi) is 3.62. The van der Waals surface area contributed by atoms with Crippen molar-refractivity contribution in [3.8, 4) is 5.75 Å². The first-order valence-electron chi connectivity index (χ1n) is 3.90. The van der Waals surface area contributed by atoms with Crippen molar-refractivity contribution in [2.45, 2.75) is 13.5 Å². The number of carboxylic acids is 1. The second kappa shape index (κ2) is 4.57. The molecule has 0 radical (unpaired) electrons. The van der Waals surface area contributed by atoms with Crippen LogP contribution in [0.3, 0.4) is 0 Å². The van der Waals surface area contributed by atoms with Gasteiger partial charge >= 0.3 is 12.6 Å². The van der Waals surface area contributed by atoms with Crippen molar-refractivity contribution in [3.63, 3.8) is 0 Å². The zero-order chi connectivity index (χ0) is 11.6. The van der Waals surface area contributed by atoms with Gasteiger partial charge in [0.15, 0.2) is 0 Å². The molecule has 1 aromatic carbocycles. The van der Waals surface area contributed by atoms with Crippen molar-refractivity contribution in [2.75, 3.05) is 0 Å². The number of hydrogen-bond acceptors (Lipinski definition) is 2. The molecule has 3 nitrogen and oxygen atoms in total. The number of carboxylic acid groups (broad SMARTS) is 1. The third-order valence-electron chi connectivity index (χ3n) is 1.68. The molecule has 0 unspecified atom stereocenters. The smallest absolute Gasteiger partial charge is 0.387 e. The lowest BCUT2D eigenvalue weighted by Crippen LogP contribution is -2.05. The van der Waals surface area contributed by atoms with Crippen LogP contribution in [0.5, 0.6) is 5.75 Å². The first-order valence-corrected chi connectivity index (χ1v) is 4.69. The van der Waals surface area contributed by atoms with Gasteiger partial charge in [0, 0.05) is 4.47 Å². The number of aryl methyl sites for hydroxylation is 1. The van der Waals surface area contributed by atoms with Gasteiger partial charge in [0.25, 0.3) is 0 Å². The molecule has 0 heterocycles. The predicted molar refractivity (Wildman–Crippen MR) is 52.5 cm³/mol. The fraction of sp³-hybridized carbons (Fsp3) is 0.222. The summed E-state index contributed by atoms with van der Waals surface area (Å²) in [5, 5.41) is 8.78. The van der Waals surface area contributed by atoms with Crippen molar-refractivity contribution in [1.82, 2.24) is 0 Å². The van der Waals surface area contributed by atoms with E-state index in [0.29, 0.717) is 10.0 Å². The number of benzene rings is 1. The van der Waals surface area contributed by atoms with E-state index in [2.05, 4.69) is 20.7 Å². The highest BCUT2D eigenvalue weighted by molar-refractivity contribution is 9.10. The highest BCUT2D eigenvalue weighted by Gasteiger charge is 2.14. The number of ether oxygens (including phenoxy) is 1. The van der Waals surface area contributed by atoms with Gasteiger partial charge in [0.1, 0.15) is 5.75 Å². The van der Waals surface area contributed by atoms with Gasteiger partial charge in [-0.3, -0.25) is 0 Å². The Morgan fingerprint density at radius 2 is 2.13 bits per heavy atom. The third kappa shape index (κ3) is 2.89. The SMILES string of the molecule is Cc1cc(OC(F)F)cc(C(=O)O)c1Br. The zero-order valence-corrected chi connectivity index (χ0v) is 9.22. The van der Waals surface area contributed by atoms with E-state index in [9.17, 15) is 13.6 Å². The molecule has 15 heavy (non-hydrogen) atoms.